The Kier molecular flexibility index (Phi) is 7.09. The van der Waals surface area contributed by atoms with Crippen LogP contribution in [-0.2, 0) is 22.7 Å². The minimum Gasteiger partial charge on any atom is -0.497 e. The number of amides is 2. The van der Waals surface area contributed by atoms with E-state index in [1.165, 1.54) is 21.7 Å². The maximum atomic E-state index is 14.2. The number of carbonyl (C=O) groups excluding carboxylic acids is 2. The fourth-order valence-electron chi connectivity index (χ4n) is 4.31. The van der Waals surface area contributed by atoms with E-state index < -0.39 is 6.10 Å². The molecule has 0 N–H and O–H groups in total. The van der Waals surface area contributed by atoms with Gasteiger partial charge in [0.05, 0.1) is 26.0 Å². The molecule has 9 nitrogen and oxygen atoms in total. The summed E-state index contributed by atoms with van der Waals surface area (Å²) in [6, 6.07) is 15.5. The Morgan fingerprint density at radius 1 is 1.11 bits per heavy atom. The molecule has 0 aliphatic carbocycles. The Hall–Kier alpha value is -4.31. The zero-order chi connectivity index (χ0) is 25.8. The number of nitrogens with zero attached hydrogens (tertiary/aromatic N) is 5. The summed E-state index contributed by atoms with van der Waals surface area (Å²) in [5.41, 5.74) is 2.02. The van der Waals surface area contributed by atoms with Crippen molar-refractivity contribution in [2.45, 2.75) is 19.3 Å². The molecule has 0 saturated carbocycles. The van der Waals surface area contributed by atoms with Crippen LogP contribution in [0.1, 0.15) is 21.5 Å². The largest absolute Gasteiger partial charge is 0.497 e. The van der Waals surface area contributed by atoms with Crippen LogP contribution in [0.2, 0.25) is 0 Å². The van der Waals surface area contributed by atoms with Gasteiger partial charge in [0.15, 0.2) is 5.65 Å². The van der Waals surface area contributed by atoms with E-state index in [-0.39, 0.29) is 43.9 Å². The number of aromatic nitrogens is 3. The smallest absolute Gasteiger partial charge is 0.259 e. The summed E-state index contributed by atoms with van der Waals surface area (Å²) in [5.74, 6) is -0.234. The number of hydrogen-bond donors (Lipinski definition) is 0. The van der Waals surface area contributed by atoms with Crippen molar-refractivity contribution in [1.29, 1.82) is 0 Å². The van der Waals surface area contributed by atoms with E-state index in [0.717, 1.165) is 11.3 Å². The van der Waals surface area contributed by atoms with E-state index in [1.807, 2.05) is 24.3 Å². The molecule has 10 heteroatoms. The zero-order valence-corrected chi connectivity index (χ0v) is 20.3. The number of methoxy groups -OCH3 is 1. The average Bonchev–Trinajstić information content (AvgIpc) is 3.28. The summed E-state index contributed by atoms with van der Waals surface area (Å²) in [5, 5.41) is 4.19. The lowest BCUT2D eigenvalue weighted by Crippen LogP contribution is -2.39. The van der Waals surface area contributed by atoms with Crippen LogP contribution in [0.4, 0.5) is 4.39 Å². The van der Waals surface area contributed by atoms with E-state index in [2.05, 4.69) is 10.1 Å². The molecule has 37 heavy (non-hydrogen) atoms. The highest BCUT2D eigenvalue weighted by Crippen LogP contribution is 2.19. The number of carbonyl (C=O) groups is 2. The standard InChI is InChI=1S/C27H26FN5O4/c1-36-21-9-7-19(8-10-21)14-31-15-22(37-18-20-5-2-3-6-24(20)28)16-32(17-25(31)34)27(35)23-13-30-33-12-4-11-29-26(23)33/h2-13,22H,14-18H2,1H3/t22-/m0/s1. The molecule has 0 unspecified atom stereocenters. The number of benzene rings is 2. The minimum atomic E-state index is -0.539. The molecular formula is C27H26FN5O4. The van der Waals surface area contributed by atoms with Crippen molar-refractivity contribution in [2.75, 3.05) is 26.7 Å². The topological polar surface area (TPSA) is 89.3 Å². The van der Waals surface area contributed by atoms with Gasteiger partial charge >= 0.3 is 0 Å². The Morgan fingerprint density at radius 3 is 2.70 bits per heavy atom. The monoisotopic (exact) mass is 503 g/mol. The molecule has 1 aliphatic heterocycles. The third kappa shape index (κ3) is 5.44. The van der Waals surface area contributed by atoms with Crippen molar-refractivity contribution < 1.29 is 23.5 Å². The summed E-state index contributed by atoms with van der Waals surface area (Å²) in [6.45, 7) is 0.627. The van der Waals surface area contributed by atoms with Crippen molar-refractivity contribution in [2.24, 2.45) is 0 Å². The Bertz CT molecular complexity index is 1410. The summed E-state index contributed by atoms with van der Waals surface area (Å²) in [7, 11) is 1.59. The van der Waals surface area contributed by atoms with Crippen LogP contribution in [0.3, 0.4) is 0 Å². The number of halogens is 1. The first-order valence-corrected chi connectivity index (χ1v) is 11.8. The fraction of sp³-hybridized carbons (Fsp3) is 0.259. The molecule has 1 fully saturated rings. The molecule has 3 heterocycles. The van der Waals surface area contributed by atoms with Crippen molar-refractivity contribution >= 4 is 17.5 Å². The van der Waals surface area contributed by atoms with Crippen LogP contribution in [-0.4, -0.2) is 69.1 Å². The number of hydrogen-bond acceptors (Lipinski definition) is 6. The Balaban J connectivity index is 1.39. The first kappa shape index (κ1) is 24.4. The van der Waals surface area contributed by atoms with E-state index >= 15 is 0 Å². The SMILES string of the molecule is COc1ccc(CN2C[C@H](OCc3ccccc3F)CN(C(=O)c3cnn4cccnc34)CC2=O)cc1. The van der Waals surface area contributed by atoms with Crippen LogP contribution in [0.25, 0.3) is 5.65 Å². The van der Waals surface area contributed by atoms with Gasteiger partial charge in [0.1, 0.15) is 23.7 Å². The number of rotatable bonds is 7. The number of ether oxygens (including phenoxy) is 2. The van der Waals surface area contributed by atoms with Gasteiger partial charge in [-0.1, -0.05) is 30.3 Å². The van der Waals surface area contributed by atoms with Gasteiger partial charge in [-0.15, -0.1) is 0 Å². The van der Waals surface area contributed by atoms with Gasteiger partial charge in [0.2, 0.25) is 5.91 Å². The second kappa shape index (κ2) is 10.8. The lowest BCUT2D eigenvalue weighted by molar-refractivity contribution is -0.132. The van der Waals surface area contributed by atoms with Crippen molar-refractivity contribution in [3.8, 4) is 5.75 Å². The van der Waals surface area contributed by atoms with Gasteiger partial charge in [-0.2, -0.15) is 5.10 Å². The molecule has 0 radical (unpaired) electrons. The molecule has 1 atom stereocenters. The van der Waals surface area contributed by atoms with Crippen LogP contribution < -0.4 is 4.74 Å². The van der Waals surface area contributed by atoms with Crippen LogP contribution >= 0.6 is 0 Å². The zero-order valence-electron chi connectivity index (χ0n) is 20.3. The summed E-state index contributed by atoms with van der Waals surface area (Å²) >= 11 is 0. The van der Waals surface area contributed by atoms with Crippen molar-refractivity contribution in [3.63, 3.8) is 0 Å². The lowest BCUT2D eigenvalue weighted by Gasteiger charge is -2.25. The molecule has 0 bridgehead atoms. The van der Waals surface area contributed by atoms with Gasteiger partial charge < -0.3 is 19.3 Å². The van der Waals surface area contributed by atoms with E-state index in [4.69, 9.17) is 9.47 Å². The highest BCUT2D eigenvalue weighted by molar-refractivity contribution is 6.01. The third-order valence-corrected chi connectivity index (χ3v) is 6.29. The third-order valence-electron chi connectivity index (χ3n) is 6.29. The molecular weight excluding hydrogens is 477 g/mol. The first-order valence-electron chi connectivity index (χ1n) is 11.8. The first-order chi connectivity index (χ1) is 18.0. The van der Waals surface area contributed by atoms with Gasteiger partial charge in [0.25, 0.3) is 5.91 Å². The van der Waals surface area contributed by atoms with Gasteiger partial charge in [0, 0.05) is 37.6 Å². The summed E-state index contributed by atoms with van der Waals surface area (Å²) < 4.78 is 27.0. The number of fused-ring (bicyclic) bond motifs is 1. The molecule has 190 valence electrons. The van der Waals surface area contributed by atoms with Gasteiger partial charge in [-0.25, -0.2) is 13.9 Å². The highest BCUT2D eigenvalue weighted by Gasteiger charge is 2.32. The Labute approximate surface area is 213 Å². The molecule has 2 amide bonds. The second-order valence-electron chi connectivity index (χ2n) is 8.78. The second-order valence-corrected chi connectivity index (χ2v) is 8.78. The predicted octanol–water partition coefficient (Wildman–Crippen LogP) is 2.95. The predicted molar refractivity (Wildman–Crippen MR) is 132 cm³/mol. The van der Waals surface area contributed by atoms with Crippen molar-refractivity contribution in [3.05, 3.63) is 95.7 Å². The maximum Gasteiger partial charge on any atom is 0.259 e. The molecule has 2 aromatic heterocycles. The molecule has 1 saturated heterocycles. The summed E-state index contributed by atoms with van der Waals surface area (Å²) in [4.78, 5) is 34.2. The molecule has 0 spiro atoms. The fourth-order valence-corrected chi connectivity index (χ4v) is 4.31. The molecule has 4 aromatic rings. The summed E-state index contributed by atoms with van der Waals surface area (Å²) in [6.07, 6.45) is 4.19. The van der Waals surface area contributed by atoms with E-state index in [1.54, 1.807) is 48.7 Å². The molecule has 5 rings (SSSR count). The van der Waals surface area contributed by atoms with Gasteiger partial charge in [-0.05, 0) is 29.8 Å². The van der Waals surface area contributed by atoms with E-state index in [9.17, 15) is 14.0 Å². The maximum absolute atomic E-state index is 14.2. The average molecular weight is 504 g/mol. The van der Waals surface area contributed by atoms with E-state index in [0.29, 0.717) is 23.3 Å². The Morgan fingerprint density at radius 2 is 1.92 bits per heavy atom. The van der Waals surface area contributed by atoms with Crippen LogP contribution in [0.5, 0.6) is 5.75 Å². The lowest BCUT2D eigenvalue weighted by atomic mass is 10.2. The molecule has 2 aromatic carbocycles. The van der Waals surface area contributed by atoms with Crippen LogP contribution in [0.15, 0.2) is 73.2 Å². The highest BCUT2D eigenvalue weighted by atomic mass is 19.1. The quantitative estimate of drug-likeness (QED) is 0.385. The van der Waals surface area contributed by atoms with Gasteiger partial charge in [-0.3, -0.25) is 9.59 Å². The normalized spacial score (nSPS) is 16.2. The minimum absolute atomic E-state index is 0.0161. The van der Waals surface area contributed by atoms with Crippen molar-refractivity contribution in [1.82, 2.24) is 24.4 Å². The van der Waals surface area contributed by atoms with Crippen LogP contribution in [0, 0.1) is 5.82 Å². The molecule has 1 aliphatic rings.